The summed E-state index contributed by atoms with van der Waals surface area (Å²) in [7, 11) is 0. The fraction of sp³-hybridized carbons (Fsp3) is 0.250. The van der Waals surface area contributed by atoms with E-state index in [4.69, 9.17) is 4.74 Å². The molecule has 0 unspecified atom stereocenters. The van der Waals surface area contributed by atoms with Crippen LogP contribution in [0.25, 0.3) is 10.9 Å². The fourth-order valence-electron chi connectivity index (χ4n) is 2.38. The summed E-state index contributed by atoms with van der Waals surface area (Å²) in [5.41, 5.74) is -1.99. The van der Waals surface area contributed by atoms with Crippen LogP contribution in [0.15, 0.2) is 17.1 Å². The van der Waals surface area contributed by atoms with Crippen molar-refractivity contribution in [2.75, 3.05) is 6.61 Å². The van der Waals surface area contributed by atoms with Gasteiger partial charge in [-0.2, -0.15) is 8.78 Å². The quantitative estimate of drug-likeness (QED) is 0.593. The summed E-state index contributed by atoms with van der Waals surface area (Å²) in [6.07, 6.45) is 1.39. The molecule has 1 aromatic carbocycles. The monoisotopic (exact) mass is 282 g/mol. The molecule has 3 rings (SSSR count). The molecule has 2 aromatic rings. The number of rotatable bonds is 1. The lowest BCUT2D eigenvalue weighted by Crippen LogP contribution is -2.24. The number of hydrogen-bond donors (Lipinski definition) is 0. The minimum atomic E-state index is -1.68. The van der Waals surface area contributed by atoms with Crippen LogP contribution in [0.2, 0.25) is 0 Å². The first-order valence-corrected chi connectivity index (χ1v) is 5.76. The number of halogens is 2. The van der Waals surface area contributed by atoms with Crippen LogP contribution in [0.4, 0.5) is 14.5 Å². The molecule has 0 N–H and O–H groups in total. The fourth-order valence-corrected chi connectivity index (χ4v) is 2.38. The van der Waals surface area contributed by atoms with E-state index in [1.54, 1.807) is 6.92 Å². The van der Waals surface area contributed by atoms with E-state index in [1.165, 1.54) is 10.8 Å². The third-order valence-corrected chi connectivity index (χ3v) is 3.31. The minimum absolute atomic E-state index is 0.0816. The maximum absolute atomic E-state index is 13.9. The van der Waals surface area contributed by atoms with Crippen LogP contribution >= 0.6 is 0 Å². The number of hydrogen-bond acceptors (Lipinski definition) is 4. The van der Waals surface area contributed by atoms with E-state index in [0.29, 0.717) is 0 Å². The molecular weight excluding hydrogens is 274 g/mol. The summed E-state index contributed by atoms with van der Waals surface area (Å²) >= 11 is 0. The van der Waals surface area contributed by atoms with E-state index >= 15 is 0 Å². The molecular formula is C12H8F2N2O4. The van der Waals surface area contributed by atoms with E-state index in [9.17, 15) is 23.7 Å². The first-order chi connectivity index (χ1) is 9.43. The molecule has 8 heteroatoms. The average molecular weight is 282 g/mol. The summed E-state index contributed by atoms with van der Waals surface area (Å²) in [6, 6.07) is 0.841. The number of nitro benzene ring substituents is 1. The van der Waals surface area contributed by atoms with Crippen molar-refractivity contribution >= 4 is 16.6 Å². The third kappa shape index (κ3) is 1.44. The zero-order valence-electron chi connectivity index (χ0n) is 10.2. The van der Waals surface area contributed by atoms with Gasteiger partial charge in [-0.05, 0) is 6.92 Å². The summed E-state index contributed by atoms with van der Waals surface area (Å²) in [5.74, 6) is -3.59. The Morgan fingerprint density at radius 3 is 2.80 bits per heavy atom. The molecule has 1 aliphatic heterocycles. The molecule has 0 aliphatic carbocycles. The minimum Gasteiger partial charge on any atom is -0.486 e. The second-order valence-corrected chi connectivity index (χ2v) is 4.53. The van der Waals surface area contributed by atoms with Crippen LogP contribution in [-0.2, 0) is 0 Å². The van der Waals surface area contributed by atoms with Crippen LogP contribution in [0, 0.1) is 21.7 Å². The maximum Gasteiger partial charge on any atom is 0.321 e. The predicted octanol–water partition coefficient (Wildman–Crippen LogP) is 2.14. The van der Waals surface area contributed by atoms with Crippen molar-refractivity contribution in [3.05, 3.63) is 44.2 Å². The van der Waals surface area contributed by atoms with Crippen molar-refractivity contribution in [1.29, 1.82) is 0 Å². The van der Waals surface area contributed by atoms with Crippen molar-refractivity contribution in [2.24, 2.45) is 0 Å². The second kappa shape index (κ2) is 3.99. The van der Waals surface area contributed by atoms with Crippen LogP contribution in [0.3, 0.4) is 0 Å². The van der Waals surface area contributed by atoms with Gasteiger partial charge in [-0.1, -0.05) is 0 Å². The molecule has 0 fully saturated rings. The summed E-state index contributed by atoms with van der Waals surface area (Å²) in [4.78, 5) is 21.7. The molecule has 104 valence electrons. The van der Waals surface area contributed by atoms with Crippen molar-refractivity contribution in [1.82, 2.24) is 4.57 Å². The number of ether oxygens (including phenoxy) is 1. The number of benzene rings is 1. The van der Waals surface area contributed by atoms with Gasteiger partial charge in [-0.25, -0.2) is 0 Å². The largest absolute Gasteiger partial charge is 0.486 e. The summed E-state index contributed by atoms with van der Waals surface area (Å²) < 4.78 is 34.3. The van der Waals surface area contributed by atoms with Gasteiger partial charge >= 0.3 is 5.69 Å². The Morgan fingerprint density at radius 1 is 1.45 bits per heavy atom. The standard InChI is InChI=1S/C12H8F2N2O4/c1-5-4-20-12-9(14)8(13)10(16(18)19)7-6(17)2-3-15(5)11(7)12/h2-3,5H,4H2,1H3/t5-/m0/s1. The summed E-state index contributed by atoms with van der Waals surface area (Å²) in [6.45, 7) is 1.82. The molecule has 6 nitrogen and oxygen atoms in total. The zero-order valence-corrected chi connectivity index (χ0v) is 10.2. The molecule has 0 saturated carbocycles. The first-order valence-electron chi connectivity index (χ1n) is 5.76. The number of nitro groups is 1. The van der Waals surface area contributed by atoms with E-state index in [2.05, 4.69) is 0 Å². The Kier molecular flexibility index (Phi) is 2.50. The molecule has 1 aliphatic rings. The van der Waals surface area contributed by atoms with Crippen LogP contribution < -0.4 is 10.2 Å². The van der Waals surface area contributed by atoms with Gasteiger partial charge in [0, 0.05) is 12.3 Å². The highest BCUT2D eigenvalue weighted by atomic mass is 19.2. The van der Waals surface area contributed by atoms with E-state index < -0.39 is 38.8 Å². The normalized spacial score (nSPS) is 17.1. The second-order valence-electron chi connectivity index (χ2n) is 4.53. The maximum atomic E-state index is 13.9. The van der Waals surface area contributed by atoms with E-state index in [0.717, 1.165) is 6.07 Å². The Labute approximate surface area is 110 Å². The van der Waals surface area contributed by atoms with Gasteiger partial charge in [0.2, 0.25) is 11.6 Å². The Morgan fingerprint density at radius 2 is 2.15 bits per heavy atom. The molecule has 0 bridgehead atoms. The molecule has 20 heavy (non-hydrogen) atoms. The van der Waals surface area contributed by atoms with Gasteiger partial charge < -0.3 is 9.30 Å². The SMILES string of the molecule is C[C@H]1COc2c(F)c(F)c([N+](=O)[O-])c3c(=O)ccn1c23. The van der Waals surface area contributed by atoms with Gasteiger partial charge in [0.05, 0.1) is 11.0 Å². The van der Waals surface area contributed by atoms with Gasteiger partial charge in [0.25, 0.3) is 0 Å². The highest BCUT2D eigenvalue weighted by molar-refractivity contribution is 5.93. The topological polar surface area (TPSA) is 74.4 Å². The van der Waals surface area contributed by atoms with Crippen LogP contribution in [0.1, 0.15) is 13.0 Å². The van der Waals surface area contributed by atoms with Crippen molar-refractivity contribution in [3.63, 3.8) is 0 Å². The lowest BCUT2D eigenvalue weighted by molar-refractivity contribution is -0.386. The lowest BCUT2D eigenvalue weighted by atomic mass is 10.1. The van der Waals surface area contributed by atoms with E-state index in [-0.39, 0.29) is 18.2 Å². The Balaban J connectivity index is 2.65. The summed E-state index contributed by atoms with van der Waals surface area (Å²) in [5, 5.41) is 10.5. The first kappa shape index (κ1) is 12.5. The van der Waals surface area contributed by atoms with Crippen molar-refractivity contribution in [3.8, 4) is 5.75 Å². The number of aromatic nitrogens is 1. The third-order valence-electron chi connectivity index (χ3n) is 3.31. The Bertz CT molecular complexity index is 815. The van der Waals surface area contributed by atoms with Crippen LogP contribution in [-0.4, -0.2) is 16.1 Å². The molecule has 1 atom stereocenters. The lowest BCUT2D eigenvalue weighted by Gasteiger charge is -2.26. The average Bonchev–Trinajstić information content (AvgIpc) is 2.39. The smallest absolute Gasteiger partial charge is 0.321 e. The van der Waals surface area contributed by atoms with E-state index in [1.807, 2.05) is 0 Å². The highest BCUT2D eigenvalue weighted by Gasteiger charge is 2.34. The molecule has 1 aromatic heterocycles. The molecule has 0 radical (unpaired) electrons. The molecule has 0 saturated heterocycles. The van der Waals surface area contributed by atoms with Gasteiger partial charge in [-0.3, -0.25) is 14.9 Å². The van der Waals surface area contributed by atoms with Crippen molar-refractivity contribution < 1.29 is 18.4 Å². The predicted molar refractivity (Wildman–Crippen MR) is 65.0 cm³/mol. The van der Waals surface area contributed by atoms with Gasteiger partial charge in [0.1, 0.15) is 17.5 Å². The van der Waals surface area contributed by atoms with Gasteiger partial charge in [0.15, 0.2) is 11.2 Å². The Hall–Kier alpha value is -2.51. The number of nitrogens with zero attached hydrogens (tertiary/aromatic N) is 2. The van der Waals surface area contributed by atoms with Gasteiger partial charge in [-0.15, -0.1) is 0 Å². The molecule has 0 amide bonds. The zero-order chi connectivity index (χ0) is 14.6. The highest BCUT2D eigenvalue weighted by Crippen LogP contribution is 2.40. The molecule has 2 heterocycles. The molecule has 0 spiro atoms. The number of pyridine rings is 1. The van der Waals surface area contributed by atoms with Crippen LogP contribution in [0.5, 0.6) is 5.75 Å². The van der Waals surface area contributed by atoms with Crippen molar-refractivity contribution in [2.45, 2.75) is 13.0 Å².